The second-order valence-corrected chi connectivity index (χ2v) is 3.40. The number of benzene rings is 1. The lowest BCUT2D eigenvalue weighted by Crippen LogP contribution is -1.89. The molecule has 11 heavy (non-hydrogen) atoms. The molecule has 0 aliphatic heterocycles. The van der Waals surface area contributed by atoms with Crippen LogP contribution in [0.1, 0.15) is 18.1 Å². The Morgan fingerprint density at radius 2 is 2.27 bits per heavy atom. The van der Waals surface area contributed by atoms with Gasteiger partial charge in [-0.05, 0) is 40.6 Å². The first kappa shape index (κ1) is 8.54. The zero-order valence-electron chi connectivity index (χ0n) is 6.26. The molecule has 0 aliphatic rings. The maximum atomic E-state index is 8.78. The second-order valence-electron chi connectivity index (χ2n) is 2.24. The molecule has 2 heteroatoms. The molecule has 0 fully saturated rings. The summed E-state index contributed by atoms with van der Waals surface area (Å²) in [6.07, 6.45) is 0.930. The number of nitrogens with zero attached hydrogens (tertiary/aromatic N) is 1. The van der Waals surface area contributed by atoms with Crippen molar-refractivity contribution >= 4 is 22.6 Å². The Morgan fingerprint density at radius 3 is 2.73 bits per heavy atom. The van der Waals surface area contributed by atoms with Gasteiger partial charge in [-0.3, -0.25) is 0 Å². The average Bonchev–Trinajstić information content (AvgIpc) is 2.04. The molecule has 0 unspecified atom stereocenters. The van der Waals surface area contributed by atoms with Crippen LogP contribution in [-0.4, -0.2) is 0 Å². The Balaban J connectivity index is 3.27. The van der Waals surface area contributed by atoms with Crippen molar-refractivity contribution in [3.8, 4) is 6.07 Å². The smallest absolute Gasteiger partial charge is 0.101 e. The molecule has 1 aromatic rings. The molecule has 0 amide bonds. The van der Waals surface area contributed by atoms with E-state index in [-0.39, 0.29) is 0 Å². The fraction of sp³-hybridized carbons (Fsp3) is 0.222. The molecule has 1 rings (SSSR count). The Labute approximate surface area is 80.2 Å². The Hall–Kier alpha value is -0.560. The number of aryl methyl sites for hydroxylation is 1. The SMILES string of the molecule is CCc1cccc(I)c1C#N. The summed E-state index contributed by atoms with van der Waals surface area (Å²) in [6.45, 7) is 2.06. The van der Waals surface area contributed by atoms with E-state index in [0.717, 1.165) is 21.1 Å². The molecular formula is C9H8IN. The minimum absolute atomic E-state index is 0.829. The van der Waals surface area contributed by atoms with E-state index in [1.54, 1.807) is 0 Å². The zero-order chi connectivity index (χ0) is 8.27. The van der Waals surface area contributed by atoms with Crippen molar-refractivity contribution in [1.82, 2.24) is 0 Å². The highest BCUT2D eigenvalue weighted by Crippen LogP contribution is 2.15. The standard InChI is InChI=1S/C9H8IN/c1-2-7-4-3-5-9(10)8(7)6-11/h3-5H,2H2,1H3. The molecule has 56 valence electrons. The highest BCUT2D eigenvalue weighted by molar-refractivity contribution is 14.1. The van der Waals surface area contributed by atoms with Crippen molar-refractivity contribution < 1.29 is 0 Å². The monoisotopic (exact) mass is 257 g/mol. The number of rotatable bonds is 1. The summed E-state index contributed by atoms with van der Waals surface area (Å²) >= 11 is 2.19. The number of halogens is 1. The largest absolute Gasteiger partial charge is 0.192 e. The van der Waals surface area contributed by atoms with E-state index in [1.165, 1.54) is 0 Å². The maximum Gasteiger partial charge on any atom is 0.101 e. The van der Waals surface area contributed by atoms with Crippen molar-refractivity contribution in [1.29, 1.82) is 5.26 Å². The molecule has 0 spiro atoms. The third kappa shape index (κ3) is 1.72. The quantitative estimate of drug-likeness (QED) is 0.709. The summed E-state index contributed by atoms with van der Waals surface area (Å²) in [4.78, 5) is 0. The van der Waals surface area contributed by atoms with Crippen LogP contribution >= 0.6 is 22.6 Å². The first-order chi connectivity index (χ1) is 5.29. The van der Waals surface area contributed by atoms with Gasteiger partial charge >= 0.3 is 0 Å². The molecule has 0 atom stereocenters. The van der Waals surface area contributed by atoms with E-state index < -0.39 is 0 Å². The fourth-order valence-corrected chi connectivity index (χ4v) is 1.66. The molecular weight excluding hydrogens is 249 g/mol. The van der Waals surface area contributed by atoms with E-state index in [1.807, 2.05) is 18.2 Å². The second kappa shape index (κ2) is 3.72. The highest BCUT2D eigenvalue weighted by atomic mass is 127. The van der Waals surface area contributed by atoms with Crippen LogP contribution in [0.3, 0.4) is 0 Å². The lowest BCUT2D eigenvalue weighted by Gasteiger charge is -2.00. The summed E-state index contributed by atoms with van der Waals surface area (Å²) in [5.74, 6) is 0. The van der Waals surface area contributed by atoms with Crippen LogP contribution in [-0.2, 0) is 6.42 Å². The summed E-state index contributed by atoms with van der Waals surface area (Å²) in [5, 5.41) is 8.78. The Morgan fingerprint density at radius 1 is 1.55 bits per heavy atom. The van der Waals surface area contributed by atoms with Gasteiger partial charge in [0.25, 0.3) is 0 Å². The van der Waals surface area contributed by atoms with E-state index in [4.69, 9.17) is 5.26 Å². The van der Waals surface area contributed by atoms with Crippen molar-refractivity contribution in [2.24, 2.45) is 0 Å². The fourth-order valence-electron chi connectivity index (χ4n) is 0.989. The number of nitriles is 1. The van der Waals surface area contributed by atoms with Gasteiger partial charge in [0.1, 0.15) is 6.07 Å². The normalized spacial score (nSPS) is 9.18. The van der Waals surface area contributed by atoms with E-state index >= 15 is 0 Å². The molecule has 0 N–H and O–H groups in total. The van der Waals surface area contributed by atoms with E-state index in [0.29, 0.717) is 0 Å². The first-order valence-corrected chi connectivity index (χ1v) is 4.55. The van der Waals surface area contributed by atoms with Crippen LogP contribution in [0.2, 0.25) is 0 Å². The van der Waals surface area contributed by atoms with Crippen LogP contribution in [0.5, 0.6) is 0 Å². The lowest BCUT2D eigenvalue weighted by atomic mass is 10.1. The van der Waals surface area contributed by atoms with Crippen molar-refractivity contribution in [2.45, 2.75) is 13.3 Å². The van der Waals surface area contributed by atoms with Gasteiger partial charge in [-0.25, -0.2) is 0 Å². The van der Waals surface area contributed by atoms with Crippen LogP contribution in [0.15, 0.2) is 18.2 Å². The van der Waals surface area contributed by atoms with Gasteiger partial charge in [-0.1, -0.05) is 19.1 Å². The Kier molecular flexibility index (Phi) is 2.89. The Bertz CT molecular complexity index is 299. The van der Waals surface area contributed by atoms with Crippen LogP contribution in [0.4, 0.5) is 0 Å². The molecule has 0 heterocycles. The number of hydrogen-bond donors (Lipinski definition) is 0. The lowest BCUT2D eigenvalue weighted by molar-refractivity contribution is 1.12. The van der Waals surface area contributed by atoms with Crippen LogP contribution in [0.25, 0.3) is 0 Å². The average molecular weight is 257 g/mol. The van der Waals surface area contributed by atoms with Crippen LogP contribution in [0, 0.1) is 14.9 Å². The molecule has 0 aliphatic carbocycles. The molecule has 1 nitrogen and oxygen atoms in total. The first-order valence-electron chi connectivity index (χ1n) is 3.47. The third-order valence-electron chi connectivity index (χ3n) is 1.59. The summed E-state index contributed by atoms with van der Waals surface area (Å²) in [7, 11) is 0. The van der Waals surface area contributed by atoms with Crippen molar-refractivity contribution in [3.05, 3.63) is 32.9 Å². The van der Waals surface area contributed by atoms with Gasteiger partial charge in [0.2, 0.25) is 0 Å². The molecule has 0 radical (unpaired) electrons. The maximum absolute atomic E-state index is 8.78. The molecule has 0 aromatic heterocycles. The summed E-state index contributed by atoms with van der Waals surface area (Å²) in [6, 6.07) is 8.15. The van der Waals surface area contributed by atoms with Crippen LogP contribution < -0.4 is 0 Å². The summed E-state index contributed by atoms with van der Waals surface area (Å²) in [5.41, 5.74) is 1.97. The molecule has 0 bridgehead atoms. The predicted octanol–water partition coefficient (Wildman–Crippen LogP) is 2.73. The van der Waals surface area contributed by atoms with Gasteiger partial charge in [0, 0.05) is 3.57 Å². The summed E-state index contributed by atoms with van der Waals surface area (Å²) < 4.78 is 1.05. The van der Waals surface area contributed by atoms with E-state index in [9.17, 15) is 0 Å². The zero-order valence-corrected chi connectivity index (χ0v) is 8.42. The predicted molar refractivity (Wildman–Crippen MR) is 53.3 cm³/mol. The topological polar surface area (TPSA) is 23.8 Å². The minimum atomic E-state index is 0.829. The molecule has 0 saturated heterocycles. The minimum Gasteiger partial charge on any atom is -0.192 e. The van der Waals surface area contributed by atoms with Gasteiger partial charge in [-0.2, -0.15) is 5.26 Å². The van der Waals surface area contributed by atoms with Gasteiger partial charge in [0.05, 0.1) is 5.56 Å². The van der Waals surface area contributed by atoms with Gasteiger partial charge in [0.15, 0.2) is 0 Å². The molecule has 0 saturated carbocycles. The highest BCUT2D eigenvalue weighted by Gasteiger charge is 2.02. The van der Waals surface area contributed by atoms with Crippen molar-refractivity contribution in [2.75, 3.05) is 0 Å². The third-order valence-corrected chi connectivity index (χ3v) is 2.49. The van der Waals surface area contributed by atoms with Crippen molar-refractivity contribution in [3.63, 3.8) is 0 Å². The molecule has 1 aromatic carbocycles. The number of hydrogen-bond acceptors (Lipinski definition) is 1. The van der Waals surface area contributed by atoms with Gasteiger partial charge in [-0.15, -0.1) is 0 Å². The van der Waals surface area contributed by atoms with E-state index in [2.05, 4.69) is 35.6 Å². The van der Waals surface area contributed by atoms with Gasteiger partial charge < -0.3 is 0 Å².